The first-order valence-electron chi connectivity index (χ1n) is 11.5. The zero-order valence-corrected chi connectivity index (χ0v) is 18.4. The molecule has 2 aromatic heterocycles. The van der Waals surface area contributed by atoms with Gasteiger partial charge in [0, 0.05) is 43.6 Å². The van der Waals surface area contributed by atoms with Gasteiger partial charge in [-0.25, -0.2) is 15.3 Å². The smallest absolute Gasteiger partial charge is 0.341 e. The number of H-pyrrole nitrogens is 1. The number of hydrogen-bond acceptors (Lipinski definition) is 8. The van der Waals surface area contributed by atoms with Gasteiger partial charge in [0.25, 0.3) is 0 Å². The van der Waals surface area contributed by atoms with E-state index < -0.39 is 6.03 Å². The Labute approximate surface area is 191 Å². The van der Waals surface area contributed by atoms with Crippen molar-refractivity contribution in [2.45, 2.75) is 38.1 Å². The summed E-state index contributed by atoms with van der Waals surface area (Å²) in [4.78, 5) is 32.1. The van der Waals surface area contributed by atoms with Gasteiger partial charge >= 0.3 is 6.03 Å². The molecule has 174 valence electrons. The number of hydroxylamine groups is 1. The van der Waals surface area contributed by atoms with E-state index in [2.05, 4.69) is 30.5 Å². The van der Waals surface area contributed by atoms with E-state index in [0.29, 0.717) is 43.8 Å². The first kappa shape index (κ1) is 21.3. The maximum atomic E-state index is 11.5. The van der Waals surface area contributed by atoms with Crippen LogP contribution < -0.4 is 21.0 Å². The number of hydrogen-bond donors (Lipinski definition) is 5. The molecule has 5 N–H and O–H groups in total. The fraction of sp³-hybridized carbons (Fsp3) is 0.455. The lowest BCUT2D eigenvalue weighted by molar-refractivity contribution is 0.127. The van der Waals surface area contributed by atoms with Crippen molar-refractivity contribution in [2.75, 3.05) is 41.7 Å². The Morgan fingerprint density at radius 1 is 1.03 bits per heavy atom. The normalized spacial score (nSPS) is 17.2. The molecule has 2 fully saturated rings. The topological polar surface area (TPSA) is 134 Å². The molecule has 11 nitrogen and oxygen atoms in total. The van der Waals surface area contributed by atoms with Gasteiger partial charge < -0.3 is 25.4 Å². The maximum absolute atomic E-state index is 11.5. The molecule has 0 atom stereocenters. The van der Waals surface area contributed by atoms with Gasteiger partial charge in [-0.3, -0.25) is 5.21 Å². The van der Waals surface area contributed by atoms with Crippen LogP contribution in [0.4, 0.5) is 27.9 Å². The number of amides is 2. The number of carbonyl (C=O) groups is 1. The molecule has 3 heterocycles. The number of nitrogens with zero attached hydrogens (tertiary/aromatic N) is 5. The minimum absolute atomic E-state index is 0.427. The third-order valence-corrected chi connectivity index (χ3v) is 6.38. The van der Waals surface area contributed by atoms with E-state index in [1.807, 2.05) is 24.3 Å². The Morgan fingerprint density at radius 2 is 1.79 bits per heavy atom. The minimum atomic E-state index is -0.458. The van der Waals surface area contributed by atoms with E-state index >= 15 is 0 Å². The molecule has 0 bridgehead atoms. The van der Waals surface area contributed by atoms with Gasteiger partial charge in [0.1, 0.15) is 5.52 Å². The third-order valence-electron chi connectivity index (χ3n) is 6.38. The van der Waals surface area contributed by atoms with Crippen LogP contribution >= 0.6 is 0 Å². The van der Waals surface area contributed by atoms with Crippen LogP contribution in [-0.2, 0) is 0 Å². The molecule has 1 aliphatic carbocycles. The number of urea groups is 1. The summed E-state index contributed by atoms with van der Waals surface area (Å²) in [6, 6.07) is 8.04. The SMILES string of the molecule is O=C(NO)N1CCN(c2ccc(Nc3nc(NC4CCCCC4)c4[nH]cnc4n3)cc2)CC1. The molecule has 2 amide bonds. The highest BCUT2D eigenvalue weighted by Gasteiger charge is 2.21. The zero-order valence-electron chi connectivity index (χ0n) is 18.4. The number of aromatic amines is 1. The fourth-order valence-electron chi connectivity index (χ4n) is 4.56. The summed E-state index contributed by atoms with van der Waals surface area (Å²) in [5, 5.41) is 15.7. The average molecular weight is 452 g/mol. The van der Waals surface area contributed by atoms with Gasteiger partial charge in [0.2, 0.25) is 5.95 Å². The predicted octanol–water partition coefficient (Wildman–Crippen LogP) is 3.06. The van der Waals surface area contributed by atoms with Crippen molar-refractivity contribution in [1.29, 1.82) is 0 Å². The van der Waals surface area contributed by atoms with Crippen LogP contribution in [0.15, 0.2) is 30.6 Å². The van der Waals surface area contributed by atoms with Crippen LogP contribution in [0.5, 0.6) is 0 Å². The van der Waals surface area contributed by atoms with Crippen molar-refractivity contribution in [3.8, 4) is 0 Å². The minimum Gasteiger partial charge on any atom is -0.368 e. The van der Waals surface area contributed by atoms with Gasteiger partial charge in [-0.15, -0.1) is 0 Å². The molecule has 5 rings (SSSR count). The monoisotopic (exact) mass is 451 g/mol. The number of nitrogens with one attached hydrogen (secondary N) is 4. The summed E-state index contributed by atoms with van der Waals surface area (Å²) in [5.41, 5.74) is 5.12. The summed E-state index contributed by atoms with van der Waals surface area (Å²) in [6.07, 6.45) is 7.75. The summed E-state index contributed by atoms with van der Waals surface area (Å²) in [7, 11) is 0. The van der Waals surface area contributed by atoms with Gasteiger partial charge in [-0.05, 0) is 37.1 Å². The van der Waals surface area contributed by atoms with Crippen LogP contribution in [0.3, 0.4) is 0 Å². The van der Waals surface area contributed by atoms with Gasteiger partial charge in [0.15, 0.2) is 11.5 Å². The molecule has 33 heavy (non-hydrogen) atoms. The number of carbonyl (C=O) groups excluding carboxylic acids is 1. The van der Waals surface area contributed by atoms with Crippen LogP contribution in [0.2, 0.25) is 0 Å². The number of piperazine rings is 1. The molecular weight excluding hydrogens is 422 g/mol. The second-order valence-electron chi connectivity index (χ2n) is 8.54. The van der Waals surface area contributed by atoms with Crippen LogP contribution in [0.1, 0.15) is 32.1 Å². The molecule has 0 unspecified atom stereocenters. The number of imidazole rings is 1. The quantitative estimate of drug-likeness (QED) is 0.295. The molecular formula is C22H29N9O2. The lowest BCUT2D eigenvalue weighted by atomic mass is 9.95. The first-order chi connectivity index (χ1) is 16.2. The van der Waals surface area contributed by atoms with Crippen molar-refractivity contribution in [2.24, 2.45) is 0 Å². The van der Waals surface area contributed by atoms with Crippen molar-refractivity contribution < 1.29 is 10.0 Å². The second-order valence-corrected chi connectivity index (χ2v) is 8.54. The molecule has 1 aliphatic heterocycles. The van der Waals surface area contributed by atoms with E-state index in [1.165, 1.54) is 19.3 Å². The maximum Gasteiger partial charge on any atom is 0.341 e. The molecule has 2 aliphatic rings. The highest BCUT2D eigenvalue weighted by atomic mass is 16.5. The Kier molecular flexibility index (Phi) is 6.11. The lowest BCUT2D eigenvalue weighted by Gasteiger charge is -2.35. The average Bonchev–Trinajstić information content (AvgIpc) is 3.34. The van der Waals surface area contributed by atoms with Crippen molar-refractivity contribution in [3.05, 3.63) is 30.6 Å². The number of fused-ring (bicyclic) bond motifs is 1. The molecule has 1 aromatic carbocycles. The van der Waals surface area contributed by atoms with Gasteiger partial charge in [0.05, 0.1) is 6.33 Å². The van der Waals surface area contributed by atoms with E-state index in [9.17, 15) is 4.79 Å². The predicted molar refractivity (Wildman–Crippen MR) is 126 cm³/mol. The van der Waals surface area contributed by atoms with E-state index in [-0.39, 0.29) is 0 Å². The Balaban J connectivity index is 1.26. The summed E-state index contributed by atoms with van der Waals surface area (Å²) in [5.74, 6) is 1.29. The van der Waals surface area contributed by atoms with Crippen molar-refractivity contribution in [1.82, 2.24) is 30.3 Å². The van der Waals surface area contributed by atoms with Gasteiger partial charge in [-0.2, -0.15) is 9.97 Å². The Morgan fingerprint density at radius 3 is 2.52 bits per heavy atom. The van der Waals surface area contributed by atoms with E-state index in [0.717, 1.165) is 35.6 Å². The molecule has 3 aromatic rings. The van der Waals surface area contributed by atoms with E-state index in [4.69, 9.17) is 10.2 Å². The standard InChI is InChI=1S/C22H29N9O2/c32-22(29-33)31-12-10-30(11-13-31)17-8-6-16(7-9-17)26-21-27-19-18(23-14-24-19)20(28-21)25-15-4-2-1-3-5-15/h6-9,14-15,33H,1-5,10-13H2,(H,29,32)(H3,23,24,25,26,27,28). The second kappa shape index (κ2) is 9.49. The largest absolute Gasteiger partial charge is 0.368 e. The number of benzene rings is 1. The summed E-state index contributed by atoms with van der Waals surface area (Å²) < 4.78 is 0. The van der Waals surface area contributed by atoms with Crippen molar-refractivity contribution >= 4 is 40.3 Å². The van der Waals surface area contributed by atoms with Crippen molar-refractivity contribution in [3.63, 3.8) is 0 Å². The molecule has 1 saturated carbocycles. The highest BCUT2D eigenvalue weighted by Crippen LogP contribution is 2.26. The number of anilines is 4. The summed E-state index contributed by atoms with van der Waals surface area (Å²) in [6.45, 7) is 2.52. The number of rotatable bonds is 5. The third kappa shape index (κ3) is 4.77. The molecule has 11 heteroatoms. The molecule has 0 radical (unpaired) electrons. The molecule has 1 saturated heterocycles. The Hall–Kier alpha value is -3.60. The first-order valence-corrected chi connectivity index (χ1v) is 11.5. The van der Waals surface area contributed by atoms with Gasteiger partial charge in [-0.1, -0.05) is 19.3 Å². The zero-order chi connectivity index (χ0) is 22.6. The summed E-state index contributed by atoms with van der Waals surface area (Å²) >= 11 is 0. The highest BCUT2D eigenvalue weighted by molar-refractivity contribution is 5.84. The Bertz CT molecular complexity index is 1090. The molecule has 0 spiro atoms. The van der Waals surface area contributed by atoms with E-state index in [1.54, 1.807) is 16.7 Å². The van der Waals surface area contributed by atoms with Crippen LogP contribution in [0, 0.1) is 0 Å². The lowest BCUT2D eigenvalue weighted by Crippen LogP contribution is -2.51. The fourth-order valence-corrected chi connectivity index (χ4v) is 4.56. The number of aromatic nitrogens is 4. The van der Waals surface area contributed by atoms with Crippen LogP contribution in [0.25, 0.3) is 11.2 Å². The van der Waals surface area contributed by atoms with Crippen LogP contribution in [-0.4, -0.2) is 68.3 Å².